The number of methoxy groups -OCH3 is 1. The molecule has 250 valence electrons. The Morgan fingerprint density at radius 1 is 0.812 bits per heavy atom. The van der Waals surface area contributed by atoms with Gasteiger partial charge in [-0.05, 0) is 54.2 Å². The number of para-hydroxylation sites is 1. The van der Waals surface area contributed by atoms with E-state index in [1.165, 1.54) is 32.8 Å². The summed E-state index contributed by atoms with van der Waals surface area (Å²) in [5, 5.41) is 3.26. The molecule has 4 aromatic rings. The molecule has 0 radical (unpaired) electrons. The van der Waals surface area contributed by atoms with Gasteiger partial charge in [-0.25, -0.2) is 4.79 Å². The van der Waals surface area contributed by atoms with Crippen LogP contribution < -0.4 is 10.1 Å². The maximum atomic E-state index is 13.2. The van der Waals surface area contributed by atoms with Gasteiger partial charge in [0, 0.05) is 42.7 Å². The minimum Gasteiger partial charge on any atom is -0.494 e. The lowest BCUT2D eigenvalue weighted by Gasteiger charge is -2.24. The van der Waals surface area contributed by atoms with Crippen LogP contribution >= 0.6 is 0 Å². The van der Waals surface area contributed by atoms with Crippen molar-refractivity contribution in [3.05, 3.63) is 131 Å². The summed E-state index contributed by atoms with van der Waals surface area (Å²) in [7, 11) is 1.36. The van der Waals surface area contributed by atoms with Crippen LogP contribution in [0, 0.1) is 5.92 Å². The predicted molar refractivity (Wildman–Crippen MR) is 189 cm³/mol. The molecule has 1 aliphatic rings. The van der Waals surface area contributed by atoms with Crippen molar-refractivity contribution in [2.45, 2.75) is 64.0 Å². The van der Waals surface area contributed by atoms with E-state index in [1.54, 1.807) is 24.3 Å². The largest absolute Gasteiger partial charge is 0.494 e. The number of nitrogens with one attached hydrogen (secondary N) is 1. The summed E-state index contributed by atoms with van der Waals surface area (Å²) >= 11 is 0. The van der Waals surface area contributed by atoms with Crippen LogP contribution in [0.5, 0.6) is 5.75 Å². The van der Waals surface area contributed by atoms with Gasteiger partial charge in [-0.1, -0.05) is 111 Å². The SMILES string of the molecule is COC(=O)[C@H](Cc1ccc(OCCCN(Cc2ccccc2)C(=O)CCC2CCCC2)cc1)Nc1ccccc1C(=O)c1ccccc1. The number of hydrogen-bond acceptors (Lipinski definition) is 6. The van der Waals surface area contributed by atoms with Crippen LogP contribution in [0.15, 0.2) is 109 Å². The second-order valence-electron chi connectivity index (χ2n) is 12.5. The van der Waals surface area contributed by atoms with Gasteiger partial charge in [-0.3, -0.25) is 9.59 Å². The average molecular weight is 647 g/mol. The van der Waals surface area contributed by atoms with E-state index in [4.69, 9.17) is 9.47 Å². The highest BCUT2D eigenvalue weighted by Gasteiger charge is 2.23. The number of anilines is 1. The number of carbonyl (C=O) groups excluding carboxylic acids is 3. The molecule has 48 heavy (non-hydrogen) atoms. The number of ether oxygens (including phenoxy) is 2. The zero-order valence-corrected chi connectivity index (χ0v) is 27.8. The van der Waals surface area contributed by atoms with Gasteiger partial charge in [0.1, 0.15) is 11.8 Å². The van der Waals surface area contributed by atoms with E-state index in [0.29, 0.717) is 55.3 Å². The van der Waals surface area contributed by atoms with Gasteiger partial charge in [-0.2, -0.15) is 0 Å². The molecule has 1 amide bonds. The predicted octanol–water partition coefficient (Wildman–Crippen LogP) is 7.88. The highest BCUT2D eigenvalue weighted by molar-refractivity contribution is 6.12. The van der Waals surface area contributed by atoms with Gasteiger partial charge < -0.3 is 19.7 Å². The molecular formula is C41H46N2O5. The summed E-state index contributed by atoms with van der Waals surface area (Å²) in [5.74, 6) is 1.09. The average Bonchev–Trinajstić information content (AvgIpc) is 3.66. The third-order valence-electron chi connectivity index (χ3n) is 9.04. The quantitative estimate of drug-likeness (QED) is 0.0714. The molecule has 0 heterocycles. The summed E-state index contributed by atoms with van der Waals surface area (Å²) < 4.78 is 11.2. The number of amides is 1. The van der Waals surface area contributed by atoms with Crippen LogP contribution in [0.25, 0.3) is 0 Å². The number of benzene rings is 4. The molecule has 0 unspecified atom stereocenters. The molecule has 0 aromatic heterocycles. The zero-order chi connectivity index (χ0) is 33.6. The van der Waals surface area contributed by atoms with Crippen LogP contribution in [0.2, 0.25) is 0 Å². The molecule has 4 aromatic carbocycles. The van der Waals surface area contributed by atoms with E-state index >= 15 is 0 Å². The fourth-order valence-electron chi connectivity index (χ4n) is 6.36. The standard InChI is InChI=1S/C41H46N2O5/c1-47-41(46)38(42-37-20-11-10-19-36(37)40(45)34-17-6-3-7-18-34)29-32-21-24-35(25-22-32)48-28-12-27-43(30-33-15-4-2-5-16-33)39(44)26-23-31-13-8-9-14-31/h2-7,10-11,15-22,24-25,31,38,42H,8-9,12-14,23,26-30H2,1H3/t38-/m0/s1. The molecule has 1 N–H and O–H groups in total. The van der Waals surface area contributed by atoms with Crippen molar-refractivity contribution in [1.82, 2.24) is 4.90 Å². The van der Waals surface area contributed by atoms with Crippen LogP contribution in [0.3, 0.4) is 0 Å². The number of ketones is 1. The van der Waals surface area contributed by atoms with Crippen LogP contribution in [0.4, 0.5) is 5.69 Å². The van der Waals surface area contributed by atoms with Gasteiger partial charge in [0.15, 0.2) is 5.78 Å². The first kappa shape index (κ1) is 34.4. The normalized spacial score (nSPS) is 13.4. The van der Waals surface area contributed by atoms with Crippen molar-refractivity contribution in [1.29, 1.82) is 0 Å². The first-order valence-electron chi connectivity index (χ1n) is 17.1. The summed E-state index contributed by atoms with van der Waals surface area (Å²) in [4.78, 5) is 41.3. The Morgan fingerprint density at radius 3 is 2.19 bits per heavy atom. The molecule has 7 heteroatoms. The van der Waals surface area contributed by atoms with Crippen molar-refractivity contribution in [2.24, 2.45) is 5.92 Å². The summed E-state index contributed by atoms with van der Waals surface area (Å²) in [6, 6.07) is 33.4. The van der Waals surface area contributed by atoms with Crippen molar-refractivity contribution < 1.29 is 23.9 Å². The van der Waals surface area contributed by atoms with Crippen LogP contribution in [-0.2, 0) is 27.3 Å². The number of esters is 1. The van der Waals surface area contributed by atoms with Crippen LogP contribution in [-0.4, -0.2) is 48.9 Å². The van der Waals surface area contributed by atoms with E-state index in [1.807, 2.05) is 77.7 Å². The smallest absolute Gasteiger partial charge is 0.328 e. The Balaban J connectivity index is 1.15. The minimum absolute atomic E-state index is 0.125. The van der Waals surface area contributed by atoms with Crippen LogP contribution in [0.1, 0.15) is 72.0 Å². The van der Waals surface area contributed by atoms with Gasteiger partial charge in [-0.15, -0.1) is 0 Å². The molecule has 0 spiro atoms. The molecule has 7 nitrogen and oxygen atoms in total. The van der Waals surface area contributed by atoms with Crippen molar-refractivity contribution in [2.75, 3.05) is 25.6 Å². The maximum Gasteiger partial charge on any atom is 0.328 e. The third kappa shape index (κ3) is 10.0. The lowest BCUT2D eigenvalue weighted by atomic mass is 10.00. The second-order valence-corrected chi connectivity index (χ2v) is 12.5. The minimum atomic E-state index is -0.701. The fraction of sp³-hybridized carbons (Fsp3) is 0.341. The number of hydrogen-bond donors (Lipinski definition) is 1. The number of carbonyl (C=O) groups is 3. The molecule has 1 atom stereocenters. The van der Waals surface area contributed by atoms with E-state index in [9.17, 15) is 14.4 Å². The maximum absolute atomic E-state index is 13.2. The van der Waals surface area contributed by atoms with Gasteiger partial charge in [0.05, 0.1) is 13.7 Å². The van der Waals surface area contributed by atoms with E-state index in [2.05, 4.69) is 17.4 Å². The highest BCUT2D eigenvalue weighted by atomic mass is 16.5. The van der Waals surface area contributed by atoms with Gasteiger partial charge in [0.2, 0.25) is 5.91 Å². The van der Waals surface area contributed by atoms with E-state index in [0.717, 1.165) is 29.7 Å². The lowest BCUT2D eigenvalue weighted by molar-refractivity contribution is -0.141. The number of rotatable bonds is 17. The van der Waals surface area contributed by atoms with Crippen molar-refractivity contribution >= 4 is 23.3 Å². The zero-order valence-electron chi connectivity index (χ0n) is 27.8. The highest BCUT2D eigenvalue weighted by Crippen LogP contribution is 2.29. The Bertz CT molecular complexity index is 1600. The Morgan fingerprint density at radius 2 is 1.48 bits per heavy atom. The summed E-state index contributed by atoms with van der Waals surface area (Å²) in [6.45, 7) is 1.73. The van der Waals surface area contributed by atoms with Crippen molar-refractivity contribution in [3.8, 4) is 5.75 Å². The van der Waals surface area contributed by atoms with Crippen molar-refractivity contribution in [3.63, 3.8) is 0 Å². The van der Waals surface area contributed by atoms with E-state index in [-0.39, 0.29) is 11.7 Å². The lowest BCUT2D eigenvalue weighted by Crippen LogP contribution is -2.33. The summed E-state index contributed by atoms with van der Waals surface area (Å²) in [5.41, 5.74) is 3.68. The monoisotopic (exact) mass is 646 g/mol. The fourth-order valence-corrected chi connectivity index (χ4v) is 6.36. The number of nitrogens with zero attached hydrogens (tertiary/aromatic N) is 1. The Kier molecular flexibility index (Phi) is 12.8. The molecule has 1 saturated carbocycles. The van der Waals surface area contributed by atoms with Gasteiger partial charge in [0.25, 0.3) is 0 Å². The first-order valence-corrected chi connectivity index (χ1v) is 17.1. The Hall–Kier alpha value is -4.91. The third-order valence-corrected chi connectivity index (χ3v) is 9.04. The molecule has 1 fully saturated rings. The molecule has 0 aliphatic heterocycles. The molecular weight excluding hydrogens is 600 g/mol. The van der Waals surface area contributed by atoms with Gasteiger partial charge >= 0.3 is 5.97 Å². The Labute approximate surface area is 284 Å². The van der Waals surface area contributed by atoms with E-state index < -0.39 is 12.0 Å². The molecule has 5 rings (SSSR count). The molecule has 0 saturated heterocycles. The molecule has 1 aliphatic carbocycles. The molecule has 0 bridgehead atoms. The topological polar surface area (TPSA) is 84.9 Å². The first-order chi connectivity index (χ1) is 23.5. The second kappa shape index (κ2) is 17.9. The summed E-state index contributed by atoms with van der Waals surface area (Å²) in [6.07, 6.45) is 7.76.